The molecule has 3 N–H and O–H groups in total. The van der Waals surface area contributed by atoms with E-state index >= 15 is 0 Å². The minimum absolute atomic E-state index is 0.607. The molecule has 0 aliphatic heterocycles. The number of hydrogen-bond donors (Lipinski definition) is 2. The minimum atomic E-state index is 0.607. The van der Waals surface area contributed by atoms with Gasteiger partial charge < -0.3 is 15.8 Å². The highest BCUT2D eigenvalue weighted by atomic mass is 16.5. The number of benzene rings is 1. The Hall–Kier alpha value is -1.38. The second-order valence-electron chi connectivity index (χ2n) is 4.76. The maximum absolute atomic E-state index is 5.89. The Morgan fingerprint density at radius 1 is 1.29 bits per heavy atom. The lowest BCUT2D eigenvalue weighted by Gasteiger charge is -2.15. The molecule has 94 valence electrons. The van der Waals surface area contributed by atoms with E-state index in [9.17, 15) is 0 Å². The number of nitrogen functional groups attached to an aromatic ring is 1. The van der Waals surface area contributed by atoms with Crippen LogP contribution in [0.5, 0.6) is 5.75 Å². The predicted molar refractivity (Wildman–Crippen MR) is 72.5 cm³/mol. The van der Waals surface area contributed by atoms with Crippen molar-refractivity contribution in [2.75, 3.05) is 17.7 Å². The molecule has 0 saturated heterocycles. The van der Waals surface area contributed by atoms with Crippen LogP contribution in [0.1, 0.15) is 39.0 Å². The molecule has 0 amide bonds. The van der Waals surface area contributed by atoms with Crippen LogP contribution < -0.4 is 15.8 Å². The summed E-state index contributed by atoms with van der Waals surface area (Å²) in [5, 5.41) is 3.54. The first-order valence-corrected chi connectivity index (χ1v) is 6.58. The normalized spacial score (nSPS) is 16.1. The lowest BCUT2D eigenvalue weighted by atomic mass is 10.2. The standard InChI is InChI=1S/C14H22N2O/c1-2-7-17-14-9-11(15)8-13(10-14)16-12-5-3-4-6-12/h8-10,12,16H,2-7,15H2,1H3. The Morgan fingerprint density at radius 3 is 2.76 bits per heavy atom. The molecule has 17 heavy (non-hydrogen) atoms. The zero-order valence-electron chi connectivity index (χ0n) is 10.5. The summed E-state index contributed by atoms with van der Waals surface area (Å²) in [6.45, 7) is 2.84. The highest BCUT2D eigenvalue weighted by Crippen LogP contribution is 2.27. The number of ether oxygens (including phenoxy) is 1. The third kappa shape index (κ3) is 3.55. The first kappa shape index (κ1) is 12.1. The molecule has 1 saturated carbocycles. The van der Waals surface area contributed by atoms with Crippen molar-refractivity contribution in [2.45, 2.75) is 45.1 Å². The molecule has 0 bridgehead atoms. The van der Waals surface area contributed by atoms with Crippen LogP contribution in [0.25, 0.3) is 0 Å². The van der Waals surface area contributed by atoms with E-state index in [0.29, 0.717) is 6.04 Å². The maximum atomic E-state index is 5.89. The molecule has 3 heteroatoms. The number of anilines is 2. The van der Waals surface area contributed by atoms with Crippen LogP contribution in [0.4, 0.5) is 11.4 Å². The highest BCUT2D eigenvalue weighted by molar-refractivity contribution is 5.59. The van der Waals surface area contributed by atoms with E-state index in [0.717, 1.165) is 30.2 Å². The minimum Gasteiger partial charge on any atom is -0.493 e. The van der Waals surface area contributed by atoms with Crippen LogP contribution in [0.2, 0.25) is 0 Å². The summed E-state index contributed by atoms with van der Waals surface area (Å²) in [5.74, 6) is 0.868. The van der Waals surface area contributed by atoms with Crippen molar-refractivity contribution in [3.8, 4) is 5.75 Å². The lowest BCUT2D eigenvalue weighted by molar-refractivity contribution is 0.318. The van der Waals surface area contributed by atoms with E-state index in [1.54, 1.807) is 0 Å². The molecular formula is C14H22N2O. The van der Waals surface area contributed by atoms with Gasteiger partial charge in [-0.25, -0.2) is 0 Å². The van der Waals surface area contributed by atoms with Gasteiger partial charge in [0.1, 0.15) is 5.75 Å². The Balaban J connectivity index is 2.02. The fourth-order valence-corrected chi connectivity index (χ4v) is 2.31. The van der Waals surface area contributed by atoms with Crippen molar-refractivity contribution in [3.05, 3.63) is 18.2 Å². The molecule has 1 fully saturated rings. The molecule has 0 spiro atoms. The monoisotopic (exact) mass is 234 g/mol. The van der Waals surface area contributed by atoms with E-state index in [2.05, 4.69) is 12.2 Å². The number of nitrogens with two attached hydrogens (primary N) is 1. The van der Waals surface area contributed by atoms with Crippen molar-refractivity contribution in [3.63, 3.8) is 0 Å². The van der Waals surface area contributed by atoms with Crippen molar-refractivity contribution < 1.29 is 4.74 Å². The average molecular weight is 234 g/mol. The van der Waals surface area contributed by atoms with Crippen molar-refractivity contribution in [2.24, 2.45) is 0 Å². The average Bonchev–Trinajstić information content (AvgIpc) is 2.78. The first-order chi connectivity index (χ1) is 8.28. The molecule has 2 rings (SSSR count). The molecule has 1 aliphatic carbocycles. The van der Waals surface area contributed by atoms with Gasteiger partial charge in [0.2, 0.25) is 0 Å². The Kier molecular flexibility index (Phi) is 4.13. The van der Waals surface area contributed by atoms with Crippen molar-refractivity contribution >= 4 is 11.4 Å². The van der Waals surface area contributed by atoms with Crippen LogP contribution in [-0.4, -0.2) is 12.6 Å². The third-order valence-electron chi connectivity index (χ3n) is 3.13. The van der Waals surface area contributed by atoms with Gasteiger partial charge in [0.05, 0.1) is 6.61 Å². The van der Waals surface area contributed by atoms with Crippen LogP contribution in [0, 0.1) is 0 Å². The van der Waals surface area contributed by atoms with E-state index in [1.807, 2.05) is 18.2 Å². The Labute approximate surface area is 103 Å². The predicted octanol–water partition coefficient (Wildman–Crippen LogP) is 3.41. The molecule has 0 aromatic heterocycles. The van der Waals surface area contributed by atoms with Gasteiger partial charge in [-0.1, -0.05) is 19.8 Å². The van der Waals surface area contributed by atoms with Crippen LogP contribution in [-0.2, 0) is 0 Å². The van der Waals surface area contributed by atoms with Gasteiger partial charge in [-0.05, 0) is 25.3 Å². The van der Waals surface area contributed by atoms with Crippen molar-refractivity contribution in [1.29, 1.82) is 0 Å². The van der Waals surface area contributed by atoms with Gasteiger partial charge in [-0.15, -0.1) is 0 Å². The molecule has 0 heterocycles. The van der Waals surface area contributed by atoms with Gasteiger partial charge in [0, 0.05) is 29.5 Å². The summed E-state index contributed by atoms with van der Waals surface area (Å²) in [7, 11) is 0. The third-order valence-corrected chi connectivity index (χ3v) is 3.13. The second kappa shape index (κ2) is 5.80. The van der Waals surface area contributed by atoms with Gasteiger partial charge in [0.25, 0.3) is 0 Å². The summed E-state index contributed by atoms with van der Waals surface area (Å²) in [4.78, 5) is 0. The number of hydrogen-bond acceptors (Lipinski definition) is 3. The second-order valence-corrected chi connectivity index (χ2v) is 4.76. The van der Waals surface area contributed by atoms with E-state index in [1.165, 1.54) is 25.7 Å². The molecule has 1 aromatic rings. The zero-order valence-corrected chi connectivity index (χ0v) is 10.5. The maximum Gasteiger partial charge on any atom is 0.123 e. The van der Waals surface area contributed by atoms with E-state index in [4.69, 9.17) is 10.5 Å². The smallest absolute Gasteiger partial charge is 0.123 e. The zero-order chi connectivity index (χ0) is 12.1. The SMILES string of the molecule is CCCOc1cc(N)cc(NC2CCCC2)c1. The Bertz CT molecular complexity index is 359. The fraction of sp³-hybridized carbons (Fsp3) is 0.571. The summed E-state index contributed by atoms with van der Waals surface area (Å²) in [5.41, 5.74) is 7.73. The van der Waals surface area contributed by atoms with E-state index in [-0.39, 0.29) is 0 Å². The molecule has 1 aliphatic rings. The molecule has 3 nitrogen and oxygen atoms in total. The van der Waals surface area contributed by atoms with Gasteiger partial charge in [0.15, 0.2) is 0 Å². The molecule has 0 radical (unpaired) electrons. The largest absolute Gasteiger partial charge is 0.493 e. The topological polar surface area (TPSA) is 47.3 Å². The molecule has 0 unspecified atom stereocenters. The summed E-state index contributed by atoms with van der Waals surface area (Å²) >= 11 is 0. The van der Waals surface area contributed by atoms with Crippen molar-refractivity contribution in [1.82, 2.24) is 0 Å². The Morgan fingerprint density at radius 2 is 2.06 bits per heavy atom. The number of rotatable bonds is 5. The lowest BCUT2D eigenvalue weighted by Crippen LogP contribution is -2.14. The summed E-state index contributed by atoms with van der Waals surface area (Å²) in [6, 6.07) is 6.52. The molecular weight excluding hydrogens is 212 g/mol. The van der Waals surface area contributed by atoms with Gasteiger partial charge in [-0.3, -0.25) is 0 Å². The quantitative estimate of drug-likeness (QED) is 0.767. The first-order valence-electron chi connectivity index (χ1n) is 6.58. The molecule has 0 atom stereocenters. The fourth-order valence-electron chi connectivity index (χ4n) is 2.31. The summed E-state index contributed by atoms with van der Waals surface area (Å²) in [6.07, 6.45) is 6.21. The van der Waals surface area contributed by atoms with Crippen LogP contribution in [0.15, 0.2) is 18.2 Å². The summed E-state index contributed by atoms with van der Waals surface area (Å²) < 4.78 is 5.62. The van der Waals surface area contributed by atoms with Crippen LogP contribution in [0.3, 0.4) is 0 Å². The highest BCUT2D eigenvalue weighted by Gasteiger charge is 2.14. The van der Waals surface area contributed by atoms with Gasteiger partial charge >= 0.3 is 0 Å². The number of nitrogens with one attached hydrogen (secondary N) is 1. The van der Waals surface area contributed by atoms with E-state index < -0.39 is 0 Å². The van der Waals surface area contributed by atoms with Crippen LogP contribution >= 0.6 is 0 Å². The molecule has 1 aromatic carbocycles. The van der Waals surface area contributed by atoms with Gasteiger partial charge in [-0.2, -0.15) is 0 Å².